The van der Waals surface area contributed by atoms with Gasteiger partial charge in [0.05, 0.1) is 32.1 Å². The second-order valence-electron chi connectivity index (χ2n) is 4.78. The number of hydrogen-bond acceptors (Lipinski definition) is 6. The molecule has 0 spiro atoms. The highest BCUT2D eigenvalue weighted by Gasteiger charge is 2.19. The fourth-order valence-electron chi connectivity index (χ4n) is 1.94. The summed E-state index contributed by atoms with van der Waals surface area (Å²) >= 11 is 3.27. The number of rotatable bonds is 7. The third-order valence-corrected chi connectivity index (χ3v) is 3.45. The molecule has 1 aromatic heterocycles. The van der Waals surface area contributed by atoms with E-state index in [9.17, 15) is 25.0 Å². The Morgan fingerprint density at radius 3 is 2.33 bits per heavy atom. The van der Waals surface area contributed by atoms with Crippen LogP contribution in [0.5, 0.6) is 0 Å². The maximum atomic E-state index is 12.0. The first-order chi connectivity index (χ1) is 11.4. The Morgan fingerprint density at radius 2 is 1.83 bits per heavy atom. The fraction of sp³-hybridized carbons (Fsp3) is 0.231. The second-order valence-corrected chi connectivity index (χ2v) is 5.70. The average Bonchev–Trinajstić information content (AvgIpc) is 2.96. The molecule has 1 amide bonds. The van der Waals surface area contributed by atoms with Crippen molar-refractivity contribution in [3.63, 3.8) is 0 Å². The van der Waals surface area contributed by atoms with Gasteiger partial charge in [0.1, 0.15) is 0 Å². The normalized spacial score (nSPS) is 10.4. The topological polar surface area (TPSA) is 133 Å². The van der Waals surface area contributed by atoms with Gasteiger partial charge in [-0.05, 0) is 22.4 Å². The highest BCUT2D eigenvalue weighted by atomic mass is 79.9. The van der Waals surface area contributed by atoms with Gasteiger partial charge in [0.25, 0.3) is 17.3 Å². The van der Waals surface area contributed by atoms with Gasteiger partial charge in [0.15, 0.2) is 0 Å². The lowest BCUT2D eigenvalue weighted by molar-refractivity contribution is -0.394. The molecule has 0 aliphatic heterocycles. The molecule has 11 heteroatoms. The van der Waals surface area contributed by atoms with Crippen molar-refractivity contribution in [1.82, 2.24) is 15.1 Å². The number of nitro groups is 2. The molecule has 10 nitrogen and oxygen atoms in total. The highest BCUT2D eigenvalue weighted by Crippen LogP contribution is 2.22. The van der Waals surface area contributed by atoms with E-state index in [2.05, 4.69) is 26.3 Å². The Hall–Kier alpha value is -2.82. The summed E-state index contributed by atoms with van der Waals surface area (Å²) in [5, 5.41) is 28.2. The molecule has 0 radical (unpaired) electrons. The molecule has 0 atom stereocenters. The minimum absolute atomic E-state index is 0.127. The molecule has 24 heavy (non-hydrogen) atoms. The molecule has 0 saturated heterocycles. The highest BCUT2D eigenvalue weighted by molar-refractivity contribution is 9.10. The van der Waals surface area contributed by atoms with E-state index in [0.717, 1.165) is 22.7 Å². The Morgan fingerprint density at radius 1 is 1.21 bits per heavy atom. The number of amides is 1. The first kappa shape index (κ1) is 17.5. The third kappa shape index (κ3) is 4.59. The molecule has 2 rings (SSSR count). The number of hydrogen-bond donors (Lipinski definition) is 1. The maximum Gasteiger partial charge on any atom is 0.277 e. The number of nitrogens with one attached hydrogen (secondary N) is 1. The molecule has 126 valence electrons. The molecule has 1 heterocycles. The van der Waals surface area contributed by atoms with Crippen LogP contribution in [0.3, 0.4) is 0 Å². The number of nitro benzene ring substituents is 2. The third-order valence-electron chi connectivity index (χ3n) is 3.04. The number of halogens is 1. The van der Waals surface area contributed by atoms with Crippen LogP contribution < -0.4 is 5.32 Å². The van der Waals surface area contributed by atoms with Crippen molar-refractivity contribution in [2.24, 2.45) is 0 Å². The lowest BCUT2D eigenvalue weighted by Crippen LogP contribution is -2.25. The number of aryl methyl sites for hydroxylation is 1. The van der Waals surface area contributed by atoms with Gasteiger partial charge < -0.3 is 5.32 Å². The Bertz CT molecular complexity index is 759. The summed E-state index contributed by atoms with van der Waals surface area (Å²) < 4.78 is 2.53. The van der Waals surface area contributed by atoms with Crippen LogP contribution in [0.2, 0.25) is 0 Å². The van der Waals surface area contributed by atoms with Crippen LogP contribution in [-0.4, -0.2) is 32.1 Å². The fourth-order valence-corrected chi connectivity index (χ4v) is 2.27. The number of nitrogens with zero attached hydrogens (tertiary/aromatic N) is 4. The smallest absolute Gasteiger partial charge is 0.277 e. The zero-order valence-electron chi connectivity index (χ0n) is 12.2. The SMILES string of the molecule is O=C(NCCCn1cc(Br)cn1)c1cc([N+](=O)[O-])cc([N+](=O)[O-])c1. The molecule has 0 saturated carbocycles. The largest absolute Gasteiger partial charge is 0.352 e. The minimum atomic E-state index is -0.778. The van der Waals surface area contributed by atoms with Crippen molar-refractivity contribution in [3.8, 4) is 0 Å². The summed E-state index contributed by atoms with van der Waals surface area (Å²) in [5.74, 6) is -0.608. The molecule has 0 unspecified atom stereocenters. The zero-order chi connectivity index (χ0) is 17.7. The van der Waals surface area contributed by atoms with Crippen LogP contribution >= 0.6 is 15.9 Å². The second kappa shape index (κ2) is 7.64. The van der Waals surface area contributed by atoms with E-state index >= 15 is 0 Å². The van der Waals surface area contributed by atoms with Gasteiger partial charge in [-0.3, -0.25) is 29.7 Å². The summed E-state index contributed by atoms with van der Waals surface area (Å²) in [6.45, 7) is 0.869. The van der Waals surface area contributed by atoms with Gasteiger partial charge in [-0.25, -0.2) is 0 Å². The van der Waals surface area contributed by atoms with E-state index < -0.39 is 27.1 Å². The molecule has 2 aromatic rings. The van der Waals surface area contributed by atoms with Crippen molar-refractivity contribution < 1.29 is 14.6 Å². The molecule has 0 aliphatic rings. The Labute approximate surface area is 143 Å². The number of benzene rings is 1. The van der Waals surface area contributed by atoms with Gasteiger partial charge in [0, 0.05) is 31.4 Å². The first-order valence-electron chi connectivity index (χ1n) is 6.77. The minimum Gasteiger partial charge on any atom is -0.352 e. The molecule has 1 aromatic carbocycles. The van der Waals surface area contributed by atoms with Crippen LogP contribution in [0, 0.1) is 20.2 Å². The predicted octanol–water partition coefficient (Wildman–Crippen LogP) is 2.28. The van der Waals surface area contributed by atoms with Crippen LogP contribution in [0.15, 0.2) is 35.1 Å². The lowest BCUT2D eigenvalue weighted by Gasteiger charge is -2.06. The van der Waals surface area contributed by atoms with Gasteiger partial charge >= 0.3 is 0 Å². The monoisotopic (exact) mass is 397 g/mol. The predicted molar refractivity (Wildman–Crippen MR) is 86.6 cm³/mol. The van der Waals surface area contributed by atoms with E-state index in [4.69, 9.17) is 0 Å². The molecule has 0 aliphatic carbocycles. The number of carbonyl (C=O) groups is 1. The van der Waals surface area contributed by atoms with Crippen molar-refractivity contribution in [2.75, 3.05) is 6.54 Å². The summed E-state index contributed by atoms with van der Waals surface area (Å²) in [7, 11) is 0. The van der Waals surface area contributed by atoms with Crippen molar-refractivity contribution in [1.29, 1.82) is 0 Å². The van der Waals surface area contributed by atoms with Gasteiger partial charge in [-0.15, -0.1) is 0 Å². The van der Waals surface area contributed by atoms with E-state index in [1.54, 1.807) is 17.1 Å². The molecule has 0 fully saturated rings. The summed E-state index contributed by atoms with van der Waals surface area (Å²) in [4.78, 5) is 32.1. The standard InChI is InChI=1S/C13H12BrN5O5/c14-10-7-16-17(8-10)3-1-2-15-13(20)9-4-11(18(21)22)6-12(5-9)19(23)24/h4-8H,1-3H2,(H,15,20). The van der Waals surface area contributed by atoms with Crippen molar-refractivity contribution in [3.05, 3.63) is 60.9 Å². The van der Waals surface area contributed by atoms with Crippen LogP contribution in [0.25, 0.3) is 0 Å². The Kier molecular flexibility index (Phi) is 5.58. The van der Waals surface area contributed by atoms with Gasteiger partial charge in [-0.2, -0.15) is 5.10 Å². The van der Waals surface area contributed by atoms with Gasteiger partial charge in [-0.1, -0.05) is 0 Å². The quantitative estimate of drug-likeness (QED) is 0.432. The summed E-state index contributed by atoms with van der Waals surface area (Å²) in [6.07, 6.45) is 4.00. The number of carbonyl (C=O) groups excluding carboxylic acids is 1. The van der Waals surface area contributed by atoms with E-state index in [-0.39, 0.29) is 5.56 Å². The van der Waals surface area contributed by atoms with E-state index in [0.29, 0.717) is 19.5 Å². The van der Waals surface area contributed by atoms with Crippen LogP contribution in [0.4, 0.5) is 11.4 Å². The molecule has 1 N–H and O–H groups in total. The molecular weight excluding hydrogens is 386 g/mol. The van der Waals surface area contributed by atoms with Gasteiger partial charge in [0.2, 0.25) is 0 Å². The lowest BCUT2D eigenvalue weighted by atomic mass is 10.1. The first-order valence-corrected chi connectivity index (χ1v) is 7.56. The van der Waals surface area contributed by atoms with Crippen molar-refractivity contribution >= 4 is 33.2 Å². The van der Waals surface area contributed by atoms with Crippen molar-refractivity contribution in [2.45, 2.75) is 13.0 Å². The summed E-state index contributed by atoms with van der Waals surface area (Å²) in [5.41, 5.74) is -1.13. The maximum absolute atomic E-state index is 12.0. The summed E-state index contributed by atoms with van der Waals surface area (Å²) in [6, 6.07) is 2.83. The average molecular weight is 398 g/mol. The van der Waals surface area contributed by atoms with E-state index in [1.165, 1.54) is 0 Å². The zero-order valence-corrected chi connectivity index (χ0v) is 13.8. The molecular formula is C13H12BrN5O5. The molecule has 0 bridgehead atoms. The Balaban J connectivity index is 1.98. The van der Waals surface area contributed by atoms with E-state index in [1.807, 2.05) is 0 Å². The van der Waals surface area contributed by atoms with Crippen LogP contribution in [0.1, 0.15) is 16.8 Å². The van der Waals surface area contributed by atoms with Crippen LogP contribution in [-0.2, 0) is 6.54 Å². The number of non-ortho nitro benzene ring substituents is 2. The number of aromatic nitrogens is 2.